The van der Waals surface area contributed by atoms with Crippen molar-refractivity contribution in [3.8, 4) is 0 Å². The third-order valence-electron chi connectivity index (χ3n) is 2.76. The number of nitrogen functional groups attached to an aromatic ring is 1. The molecule has 0 radical (unpaired) electrons. The molecule has 0 unspecified atom stereocenters. The number of nitrogens with one attached hydrogen (secondary N) is 1. The predicted octanol–water partition coefficient (Wildman–Crippen LogP) is 3.07. The molecule has 0 aromatic heterocycles. The second kappa shape index (κ2) is 6.41. The Morgan fingerprint density at radius 2 is 1.90 bits per heavy atom. The van der Waals surface area contributed by atoms with Gasteiger partial charge in [0.15, 0.2) is 0 Å². The number of carbonyl (C=O) groups is 2. The Kier molecular flexibility index (Phi) is 4.59. The van der Waals surface area contributed by atoms with Crippen molar-refractivity contribution in [3.05, 3.63) is 58.1 Å². The van der Waals surface area contributed by atoms with E-state index in [1.807, 2.05) is 0 Å². The van der Waals surface area contributed by atoms with Gasteiger partial charge < -0.3 is 15.8 Å². The van der Waals surface area contributed by atoms with Crippen LogP contribution in [0.25, 0.3) is 0 Å². The predicted molar refractivity (Wildman–Crippen MR) is 84.3 cm³/mol. The molecule has 21 heavy (non-hydrogen) atoms. The summed E-state index contributed by atoms with van der Waals surface area (Å²) in [6.07, 6.45) is 0. The minimum Gasteiger partial charge on any atom is -0.465 e. The molecule has 2 aromatic rings. The smallest absolute Gasteiger partial charge is 0.339 e. The van der Waals surface area contributed by atoms with E-state index in [4.69, 9.17) is 5.73 Å². The van der Waals surface area contributed by atoms with Gasteiger partial charge in [0.2, 0.25) is 0 Å². The van der Waals surface area contributed by atoms with Gasteiger partial charge in [-0.3, -0.25) is 4.79 Å². The van der Waals surface area contributed by atoms with E-state index in [1.54, 1.807) is 42.5 Å². The van der Waals surface area contributed by atoms with Crippen molar-refractivity contribution in [1.29, 1.82) is 0 Å². The van der Waals surface area contributed by atoms with Crippen LogP contribution in [0.15, 0.2) is 46.9 Å². The number of benzene rings is 2. The maximum Gasteiger partial charge on any atom is 0.339 e. The van der Waals surface area contributed by atoms with Crippen LogP contribution in [0.2, 0.25) is 0 Å². The highest BCUT2D eigenvalue weighted by Gasteiger charge is 2.14. The van der Waals surface area contributed by atoms with E-state index in [1.165, 1.54) is 7.11 Å². The Labute approximate surface area is 130 Å². The molecule has 0 heterocycles. The molecule has 2 aromatic carbocycles. The number of nitrogens with two attached hydrogens (primary N) is 1. The number of esters is 1. The molecule has 0 atom stereocenters. The first-order valence-corrected chi connectivity index (χ1v) is 6.85. The van der Waals surface area contributed by atoms with Crippen LogP contribution in [-0.4, -0.2) is 19.0 Å². The normalized spacial score (nSPS) is 10.0. The maximum absolute atomic E-state index is 12.2. The number of hydrogen-bond acceptors (Lipinski definition) is 4. The molecule has 0 saturated carbocycles. The zero-order valence-electron chi connectivity index (χ0n) is 11.2. The number of hydrogen-bond donors (Lipinski definition) is 2. The number of amides is 1. The van der Waals surface area contributed by atoms with E-state index >= 15 is 0 Å². The molecule has 0 spiro atoms. The lowest BCUT2D eigenvalue weighted by molar-refractivity contribution is 0.0602. The van der Waals surface area contributed by atoms with Crippen LogP contribution >= 0.6 is 15.9 Å². The van der Waals surface area contributed by atoms with Crippen LogP contribution in [0.3, 0.4) is 0 Å². The van der Waals surface area contributed by atoms with Crippen LogP contribution < -0.4 is 11.1 Å². The van der Waals surface area contributed by atoms with Crippen molar-refractivity contribution in [2.45, 2.75) is 0 Å². The first kappa shape index (κ1) is 15.1. The highest BCUT2D eigenvalue weighted by atomic mass is 79.9. The molecular formula is C15H13BrN2O3. The fourth-order valence-corrected chi connectivity index (χ4v) is 2.33. The summed E-state index contributed by atoms with van der Waals surface area (Å²) in [6, 6.07) is 11.5. The van der Waals surface area contributed by atoms with Crippen molar-refractivity contribution in [2.24, 2.45) is 0 Å². The van der Waals surface area contributed by atoms with Gasteiger partial charge >= 0.3 is 5.97 Å². The van der Waals surface area contributed by atoms with Crippen LogP contribution in [0.1, 0.15) is 20.7 Å². The van der Waals surface area contributed by atoms with Gasteiger partial charge in [-0.2, -0.15) is 0 Å². The standard InChI is InChI=1S/C15H13BrN2O3/c1-21-15(20)12-4-2-3-5-13(12)18-14(19)9-6-10(16)8-11(17)7-9/h2-8H,17H2,1H3,(H,18,19). The molecule has 6 heteroatoms. The lowest BCUT2D eigenvalue weighted by atomic mass is 10.1. The molecule has 1 amide bonds. The number of methoxy groups -OCH3 is 1. The van der Waals surface area contributed by atoms with E-state index in [2.05, 4.69) is 26.0 Å². The van der Waals surface area contributed by atoms with Gasteiger partial charge in [-0.15, -0.1) is 0 Å². The second-order valence-electron chi connectivity index (χ2n) is 4.26. The minimum atomic E-state index is -0.514. The molecule has 108 valence electrons. The highest BCUT2D eigenvalue weighted by molar-refractivity contribution is 9.10. The summed E-state index contributed by atoms with van der Waals surface area (Å²) in [5.41, 5.74) is 7.24. The monoisotopic (exact) mass is 348 g/mol. The van der Waals surface area contributed by atoms with Crippen LogP contribution in [0.4, 0.5) is 11.4 Å². The largest absolute Gasteiger partial charge is 0.465 e. The number of carbonyl (C=O) groups excluding carboxylic acids is 2. The molecule has 0 aliphatic rings. The Balaban J connectivity index is 2.30. The molecule has 0 fully saturated rings. The Morgan fingerprint density at radius 1 is 1.19 bits per heavy atom. The Hall–Kier alpha value is -2.34. The molecule has 2 rings (SSSR count). The lowest BCUT2D eigenvalue weighted by Crippen LogP contribution is -2.15. The van der Waals surface area contributed by atoms with Crippen molar-refractivity contribution in [1.82, 2.24) is 0 Å². The SMILES string of the molecule is COC(=O)c1ccccc1NC(=O)c1cc(N)cc(Br)c1. The third-order valence-corrected chi connectivity index (χ3v) is 3.22. The summed E-state index contributed by atoms with van der Waals surface area (Å²) in [5, 5.41) is 2.68. The van der Waals surface area contributed by atoms with Crippen LogP contribution in [0.5, 0.6) is 0 Å². The summed E-state index contributed by atoms with van der Waals surface area (Å²) in [7, 11) is 1.29. The van der Waals surface area contributed by atoms with E-state index in [9.17, 15) is 9.59 Å². The van der Waals surface area contributed by atoms with Gasteiger partial charge in [0.05, 0.1) is 18.4 Å². The van der Waals surface area contributed by atoms with Crippen LogP contribution in [0, 0.1) is 0 Å². The van der Waals surface area contributed by atoms with Gasteiger partial charge in [-0.1, -0.05) is 28.1 Å². The van der Waals surface area contributed by atoms with Gasteiger partial charge in [0, 0.05) is 15.7 Å². The molecule has 0 saturated heterocycles. The van der Waals surface area contributed by atoms with E-state index < -0.39 is 5.97 Å². The van der Waals surface area contributed by atoms with Crippen LogP contribution in [-0.2, 0) is 4.74 Å². The molecule has 0 aliphatic carbocycles. The van der Waals surface area contributed by atoms with Gasteiger partial charge in [-0.25, -0.2) is 4.79 Å². The molecule has 0 bridgehead atoms. The maximum atomic E-state index is 12.2. The van der Waals surface area contributed by atoms with Crippen molar-refractivity contribution in [3.63, 3.8) is 0 Å². The fourth-order valence-electron chi connectivity index (χ4n) is 1.82. The lowest BCUT2D eigenvalue weighted by Gasteiger charge is -2.10. The van der Waals surface area contributed by atoms with Crippen molar-refractivity contribution >= 4 is 39.2 Å². The topological polar surface area (TPSA) is 81.4 Å². The number of rotatable bonds is 3. The van der Waals surface area contributed by atoms with E-state index in [-0.39, 0.29) is 11.5 Å². The highest BCUT2D eigenvalue weighted by Crippen LogP contribution is 2.20. The van der Waals surface area contributed by atoms with Crippen molar-refractivity contribution in [2.75, 3.05) is 18.2 Å². The summed E-state index contributed by atoms with van der Waals surface area (Å²) in [4.78, 5) is 23.9. The second-order valence-corrected chi connectivity index (χ2v) is 5.18. The summed E-state index contributed by atoms with van der Waals surface area (Å²) >= 11 is 3.28. The Bertz CT molecular complexity index is 681. The fraction of sp³-hybridized carbons (Fsp3) is 0.0667. The first-order chi connectivity index (χ1) is 10.0. The van der Waals surface area contributed by atoms with Gasteiger partial charge in [-0.05, 0) is 30.3 Å². The average Bonchev–Trinajstić information content (AvgIpc) is 2.46. The van der Waals surface area contributed by atoms with E-state index in [0.717, 1.165) is 0 Å². The Morgan fingerprint density at radius 3 is 2.57 bits per heavy atom. The number of anilines is 2. The van der Waals surface area contributed by atoms with Gasteiger partial charge in [0.1, 0.15) is 0 Å². The molecule has 0 aliphatic heterocycles. The molecule has 3 N–H and O–H groups in total. The molecular weight excluding hydrogens is 336 g/mol. The zero-order valence-corrected chi connectivity index (χ0v) is 12.8. The summed E-state index contributed by atoms with van der Waals surface area (Å²) < 4.78 is 5.39. The number of ether oxygens (including phenoxy) is 1. The summed E-state index contributed by atoms with van der Waals surface area (Å²) in [5.74, 6) is -0.876. The third kappa shape index (κ3) is 3.61. The first-order valence-electron chi connectivity index (χ1n) is 6.06. The quantitative estimate of drug-likeness (QED) is 0.659. The zero-order chi connectivity index (χ0) is 15.4. The number of para-hydroxylation sites is 1. The minimum absolute atomic E-state index is 0.288. The average molecular weight is 349 g/mol. The van der Waals surface area contributed by atoms with E-state index in [0.29, 0.717) is 21.4 Å². The van der Waals surface area contributed by atoms with Gasteiger partial charge in [0.25, 0.3) is 5.91 Å². The van der Waals surface area contributed by atoms with Crippen molar-refractivity contribution < 1.29 is 14.3 Å². The molecule has 5 nitrogen and oxygen atoms in total. The summed E-state index contributed by atoms with van der Waals surface area (Å²) in [6.45, 7) is 0. The number of halogens is 1.